The van der Waals surface area contributed by atoms with Crippen LogP contribution in [0.1, 0.15) is 38.3 Å². The summed E-state index contributed by atoms with van der Waals surface area (Å²) in [4.78, 5) is 4.63. The summed E-state index contributed by atoms with van der Waals surface area (Å²) in [6, 6.07) is 14.0. The van der Waals surface area contributed by atoms with Crippen molar-refractivity contribution >= 4 is 11.1 Å². The Morgan fingerprint density at radius 2 is 1.96 bits per heavy atom. The Bertz CT molecular complexity index is 946. The quantitative estimate of drug-likeness (QED) is 0.553. The van der Waals surface area contributed by atoms with Crippen molar-refractivity contribution in [2.24, 2.45) is 22.1 Å². The van der Waals surface area contributed by atoms with Gasteiger partial charge in [-0.05, 0) is 60.2 Å². The Morgan fingerprint density at radius 1 is 1.15 bits per heavy atom. The number of oxazole rings is 1. The Labute approximate surface area is 159 Å². The van der Waals surface area contributed by atoms with Crippen LogP contribution in [0.4, 0.5) is 0 Å². The van der Waals surface area contributed by atoms with Crippen molar-refractivity contribution in [2.45, 2.75) is 32.7 Å². The number of nitrogens with zero attached hydrogens (tertiary/aromatic N) is 3. The summed E-state index contributed by atoms with van der Waals surface area (Å²) < 4.78 is 11.3. The fourth-order valence-electron chi connectivity index (χ4n) is 3.85. The van der Waals surface area contributed by atoms with Gasteiger partial charge in [-0.3, -0.25) is 0 Å². The number of fused-ring (bicyclic) bond motifs is 1. The molecule has 0 radical (unpaired) electrons. The van der Waals surface area contributed by atoms with E-state index in [1.165, 1.54) is 12.8 Å². The fraction of sp³-hybridized carbons (Fsp3) is 0.409. The van der Waals surface area contributed by atoms with Crippen LogP contribution < -0.4 is 4.74 Å². The van der Waals surface area contributed by atoms with E-state index < -0.39 is 0 Å². The van der Waals surface area contributed by atoms with Crippen molar-refractivity contribution in [3.63, 3.8) is 0 Å². The van der Waals surface area contributed by atoms with E-state index in [-0.39, 0.29) is 6.04 Å². The summed E-state index contributed by atoms with van der Waals surface area (Å²) in [5.74, 6) is 2.50. The Kier molecular flexibility index (Phi) is 4.92. The number of hydrogen-bond donors (Lipinski definition) is 0. The molecule has 2 heterocycles. The summed E-state index contributed by atoms with van der Waals surface area (Å²) >= 11 is 0. The third kappa shape index (κ3) is 3.46. The molecule has 1 aliphatic rings. The van der Waals surface area contributed by atoms with Gasteiger partial charge in [0.15, 0.2) is 5.58 Å². The Morgan fingerprint density at radius 3 is 2.70 bits per heavy atom. The van der Waals surface area contributed by atoms with Crippen molar-refractivity contribution in [2.75, 3.05) is 13.7 Å². The number of azo groups is 1. The molecule has 0 spiro atoms. The van der Waals surface area contributed by atoms with E-state index in [1.54, 1.807) is 7.11 Å². The fourth-order valence-corrected chi connectivity index (χ4v) is 3.85. The predicted octanol–water partition coefficient (Wildman–Crippen LogP) is 6.06. The van der Waals surface area contributed by atoms with Crippen LogP contribution in [0.15, 0.2) is 57.1 Å². The van der Waals surface area contributed by atoms with Gasteiger partial charge < -0.3 is 9.15 Å². The standard InChI is InChI=1S/C22H25N3O2/c1-4-5-17-13-23-25-21(14(17)2)16-8-11-19-20(12-16)27-22(24-19)15-6-9-18(26-3)10-7-15/h6-12,14,17,21H,4-5,13H2,1-3H3. The monoisotopic (exact) mass is 363 g/mol. The molecule has 0 fully saturated rings. The largest absolute Gasteiger partial charge is 0.497 e. The second-order valence-electron chi connectivity index (χ2n) is 7.27. The molecular weight excluding hydrogens is 338 g/mol. The third-order valence-electron chi connectivity index (χ3n) is 5.51. The molecule has 1 aromatic heterocycles. The molecule has 140 valence electrons. The number of rotatable bonds is 5. The average Bonchev–Trinajstić information content (AvgIpc) is 3.13. The van der Waals surface area contributed by atoms with Gasteiger partial charge >= 0.3 is 0 Å². The molecule has 2 aromatic carbocycles. The molecule has 3 atom stereocenters. The second kappa shape index (κ2) is 7.51. The molecule has 5 heteroatoms. The number of methoxy groups -OCH3 is 1. The zero-order valence-electron chi connectivity index (χ0n) is 16.1. The molecule has 0 saturated carbocycles. The highest BCUT2D eigenvalue weighted by Crippen LogP contribution is 2.38. The van der Waals surface area contributed by atoms with Gasteiger partial charge in [-0.2, -0.15) is 10.2 Å². The van der Waals surface area contributed by atoms with Crippen molar-refractivity contribution < 1.29 is 9.15 Å². The summed E-state index contributed by atoms with van der Waals surface area (Å²) in [7, 11) is 1.66. The summed E-state index contributed by atoms with van der Waals surface area (Å²) in [6.07, 6.45) is 2.38. The van der Waals surface area contributed by atoms with E-state index in [0.29, 0.717) is 17.7 Å². The van der Waals surface area contributed by atoms with Gasteiger partial charge in [0, 0.05) is 5.56 Å². The smallest absolute Gasteiger partial charge is 0.227 e. The first kappa shape index (κ1) is 17.7. The summed E-state index contributed by atoms with van der Waals surface area (Å²) in [5, 5.41) is 8.95. The minimum Gasteiger partial charge on any atom is -0.497 e. The van der Waals surface area contributed by atoms with Crippen LogP contribution in [0.2, 0.25) is 0 Å². The lowest BCUT2D eigenvalue weighted by molar-refractivity contribution is 0.256. The summed E-state index contributed by atoms with van der Waals surface area (Å²) in [5.41, 5.74) is 3.73. The zero-order chi connectivity index (χ0) is 18.8. The molecule has 0 bridgehead atoms. The van der Waals surface area contributed by atoms with Crippen LogP contribution >= 0.6 is 0 Å². The molecule has 0 aliphatic carbocycles. The van der Waals surface area contributed by atoms with E-state index in [0.717, 1.165) is 34.5 Å². The maximum absolute atomic E-state index is 6.04. The lowest BCUT2D eigenvalue weighted by atomic mass is 9.81. The lowest BCUT2D eigenvalue weighted by Gasteiger charge is -2.30. The molecule has 4 rings (SSSR count). The normalized spacial score (nSPS) is 22.3. The highest BCUT2D eigenvalue weighted by Gasteiger charge is 2.30. The topological polar surface area (TPSA) is 60.0 Å². The maximum atomic E-state index is 6.04. The van der Waals surface area contributed by atoms with Gasteiger partial charge in [0.25, 0.3) is 0 Å². The van der Waals surface area contributed by atoms with Gasteiger partial charge in [-0.15, -0.1) is 0 Å². The average molecular weight is 363 g/mol. The highest BCUT2D eigenvalue weighted by atomic mass is 16.5. The van der Waals surface area contributed by atoms with Crippen molar-refractivity contribution in [1.82, 2.24) is 4.98 Å². The Hall–Kier alpha value is -2.69. The van der Waals surface area contributed by atoms with Crippen LogP contribution in [-0.4, -0.2) is 18.6 Å². The molecule has 5 nitrogen and oxygen atoms in total. The first-order chi connectivity index (χ1) is 13.2. The van der Waals surface area contributed by atoms with Crippen molar-refractivity contribution in [3.05, 3.63) is 48.0 Å². The van der Waals surface area contributed by atoms with Gasteiger partial charge in [-0.25, -0.2) is 4.98 Å². The number of aromatic nitrogens is 1. The SMILES string of the molecule is CCCC1CN=NC(c2ccc3nc(-c4ccc(OC)cc4)oc3c2)C1C. The maximum Gasteiger partial charge on any atom is 0.227 e. The van der Waals surface area contributed by atoms with E-state index in [2.05, 4.69) is 41.2 Å². The zero-order valence-corrected chi connectivity index (χ0v) is 16.1. The molecule has 3 aromatic rings. The molecule has 3 unspecified atom stereocenters. The van der Waals surface area contributed by atoms with E-state index in [1.807, 2.05) is 30.3 Å². The van der Waals surface area contributed by atoms with Gasteiger partial charge in [0.05, 0.1) is 19.7 Å². The van der Waals surface area contributed by atoms with Gasteiger partial charge in [0.2, 0.25) is 5.89 Å². The van der Waals surface area contributed by atoms with Gasteiger partial charge in [-0.1, -0.05) is 26.3 Å². The first-order valence-corrected chi connectivity index (χ1v) is 9.61. The van der Waals surface area contributed by atoms with Gasteiger partial charge in [0.1, 0.15) is 11.3 Å². The number of hydrogen-bond acceptors (Lipinski definition) is 5. The third-order valence-corrected chi connectivity index (χ3v) is 5.51. The summed E-state index contributed by atoms with van der Waals surface area (Å²) in [6.45, 7) is 5.36. The Balaban J connectivity index is 1.64. The van der Waals surface area contributed by atoms with Crippen LogP contribution in [-0.2, 0) is 0 Å². The minimum absolute atomic E-state index is 0.0919. The molecule has 1 aliphatic heterocycles. The molecular formula is C22H25N3O2. The number of benzene rings is 2. The van der Waals surface area contributed by atoms with E-state index in [4.69, 9.17) is 9.15 Å². The highest BCUT2D eigenvalue weighted by molar-refractivity contribution is 5.77. The molecule has 27 heavy (non-hydrogen) atoms. The molecule has 0 N–H and O–H groups in total. The number of ether oxygens (including phenoxy) is 1. The minimum atomic E-state index is 0.0919. The lowest BCUT2D eigenvalue weighted by Crippen LogP contribution is -2.24. The first-order valence-electron chi connectivity index (χ1n) is 9.61. The van der Waals surface area contributed by atoms with Crippen molar-refractivity contribution in [3.8, 4) is 17.2 Å². The molecule has 0 saturated heterocycles. The van der Waals surface area contributed by atoms with E-state index in [9.17, 15) is 0 Å². The van der Waals surface area contributed by atoms with Crippen LogP contribution in [0.5, 0.6) is 5.75 Å². The second-order valence-corrected chi connectivity index (χ2v) is 7.27. The van der Waals surface area contributed by atoms with E-state index >= 15 is 0 Å². The van der Waals surface area contributed by atoms with Crippen molar-refractivity contribution in [1.29, 1.82) is 0 Å². The van der Waals surface area contributed by atoms with Crippen LogP contribution in [0, 0.1) is 11.8 Å². The predicted molar refractivity (Wildman–Crippen MR) is 106 cm³/mol. The van der Waals surface area contributed by atoms with Crippen LogP contribution in [0.3, 0.4) is 0 Å². The molecule has 0 amide bonds. The van der Waals surface area contributed by atoms with Crippen LogP contribution in [0.25, 0.3) is 22.6 Å².